The Labute approximate surface area is 226 Å². The molecule has 1 N–H and O–H groups in total. The van der Waals surface area contributed by atoms with Gasteiger partial charge in [-0.1, -0.05) is 88.2 Å². The molecule has 2 aromatic carbocycles. The van der Waals surface area contributed by atoms with Crippen LogP contribution in [0, 0.1) is 0 Å². The van der Waals surface area contributed by atoms with Gasteiger partial charge in [-0.15, -0.1) is 5.10 Å². The van der Waals surface area contributed by atoms with Gasteiger partial charge in [0.2, 0.25) is 0 Å². The third-order valence-corrected chi connectivity index (χ3v) is 6.89. The fourth-order valence-corrected chi connectivity index (χ4v) is 5.00. The third kappa shape index (κ3) is 4.91. The fourth-order valence-electron chi connectivity index (χ4n) is 4.74. The van der Waals surface area contributed by atoms with E-state index in [0.717, 1.165) is 46.5 Å². The maximum atomic E-state index is 13.8. The van der Waals surface area contributed by atoms with Crippen molar-refractivity contribution < 1.29 is 0 Å². The van der Waals surface area contributed by atoms with Crippen molar-refractivity contribution in [1.29, 1.82) is 0 Å². The first-order chi connectivity index (χ1) is 18.3. The van der Waals surface area contributed by atoms with Crippen molar-refractivity contribution in [3.63, 3.8) is 0 Å². The third-order valence-electron chi connectivity index (χ3n) is 6.59. The van der Waals surface area contributed by atoms with Gasteiger partial charge in [0.05, 0.1) is 17.3 Å². The number of pyridine rings is 1. The lowest BCUT2D eigenvalue weighted by molar-refractivity contribution is 0.584. The average Bonchev–Trinajstić information content (AvgIpc) is 3.54. The predicted molar refractivity (Wildman–Crippen MR) is 150 cm³/mol. The predicted octanol–water partition coefficient (Wildman–Crippen LogP) is 5.83. The van der Waals surface area contributed by atoms with Crippen LogP contribution in [0.3, 0.4) is 0 Å². The topological polar surface area (TPSA) is 94.3 Å². The number of nitrogens with zero attached hydrogens (tertiary/aromatic N) is 6. The second kappa shape index (κ2) is 10.4. The van der Waals surface area contributed by atoms with E-state index >= 15 is 0 Å². The minimum Gasteiger partial charge on any atom is -0.292 e. The molecular weight excluding hydrogens is 498 g/mol. The molecule has 0 aliphatic carbocycles. The number of aryl methyl sites for hydroxylation is 1. The molecule has 38 heavy (non-hydrogen) atoms. The SMILES string of the molecule is CCCc1cn(-c2c(Cl)cccc2C(C)(C)C)c(=O)n1Cc1ccc(-c2cccnc2-c2nnn[nH]2)cc1. The largest absolute Gasteiger partial charge is 0.333 e. The van der Waals surface area contributed by atoms with Gasteiger partial charge in [-0.3, -0.25) is 14.1 Å². The standard InChI is InChI=1S/C29H30ClN7O/c1-5-8-21-18-37(26-23(29(2,3)4)10-6-11-24(26)30)28(38)36(21)17-19-12-14-20(15-13-19)22-9-7-16-31-25(22)27-32-34-35-33-27/h6-7,9-16,18H,5,8,17H2,1-4H3,(H,32,33,34,35). The molecule has 0 unspecified atom stereocenters. The van der Waals surface area contributed by atoms with Crippen LogP contribution < -0.4 is 5.69 Å². The van der Waals surface area contributed by atoms with Gasteiger partial charge in [0.25, 0.3) is 0 Å². The zero-order valence-corrected chi connectivity index (χ0v) is 22.7. The van der Waals surface area contributed by atoms with Crippen LogP contribution in [0.2, 0.25) is 5.02 Å². The molecule has 0 radical (unpaired) electrons. The van der Waals surface area contributed by atoms with Gasteiger partial charge in [-0.05, 0) is 51.1 Å². The Kier molecular flexibility index (Phi) is 6.99. The van der Waals surface area contributed by atoms with Gasteiger partial charge in [0.15, 0.2) is 5.82 Å². The number of hydrogen-bond donors (Lipinski definition) is 1. The summed E-state index contributed by atoms with van der Waals surface area (Å²) in [5.41, 5.74) is 6.10. The van der Waals surface area contributed by atoms with E-state index in [1.807, 2.05) is 65.4 Å². The number of tetrazole rings is 1. The zero-order chi connectivity index (χ0) is 26.9. The summed E-state index contributed by atoms with van der Waals surface area (Å²) < 4.78 is 3.57. The van der Waals surface area contributed by atoms with E-state index in [0.29, 0.717) is 23.1 Å². The summed E-state index contributed by atoms with van der Waals surface area (Å²) in [5.74, 6) is 0.510. The normalized spacial score (nSPS) is 11.7. The molecule has 3 aromatic heterocycles. The molecule has 194 valence electrons. The number of para-hydroxylation sites is 1. The summed E-state index contributed by atoms with van der Waals surface area (Å²) in [5, 5.41) is 14.7. The monoisotopic (exact) mass is 527 g/mol. The van der Waals surface area contributed by atoms with Crippen molar-refractivity contribution in [1.82, 2.24) is 34.7 Å². The molecule has 8 nitrogen and oxygen atoms in total. The highest BCUT2D eigenvalue weighted by Gasteiger charge is 2.23. The number of nitrogens with one attached hydrogen (secondary N) is 1. The van der Waals surface area contributed by atoms with Gasteiger partial charge >= 0.3 is 5.69 Å². The first-order valence-electron chi connectivity index (χ1n) is 12.7. The van der Waals surface area contributed by atoms with Gasteiger partial charge in [0.1, 0.15) is 5.69 Å². The number of H-pyrrole nitrogens is 1. The second-order valence-corrected chi connectivity index (χ2v) is 10.7. The first-order valence-corrected chi connectivity index (χ1v) is 13.0. The molecule has 5 rings (SSSR count). The summed E-state index contributed by atoms with van der Waals surface area (Å²) in [7, 11) is 0. The van der Waals surface area contributed by atoms with Crippen molar-refractivity contribution in [2.45, 2.75) is 52.5 Å². The number of aromatic nitrogens is 7. The van der Waals surface area contributed by atoms with Crippen LogP contribution >= 0.6 is 11.6 Å². The molecule has 0 saturated carbocycles. The number of aromatic amines is 1. The molecule has 0 amide bonds. The highest BCUT2D eigenvalue weighted by molar-refractivity contribution is 6.32. The van der Waals surface area contributed by atoms with Crippen LogP contribution in [0.5, 0.6) is 0 Å². The Morgan fingerprint density at radius 2 is 1.82 bits per heavy atom. The van der Waals surface area contributed by atoms with E-state index < -0.39 is 0 Å². The molecule has 0 aliphatic heterocycles. The minimum absolute atomic E-state index is 0.0940. The molecular formula is C29H30ClN7O. The fraction of sp³-hybridized carbons (Fsp3) is 0.276. The molecule has 5 aromatic rings. The van der Waals surface area contributed by atoms with E-state index in [1.165, 1.54) is 0 Å². The van der Waals surface area contributed by atoms with E-state index in [-0.39, 0.29) is 11.1 Å². The lowest BCUT2D eigenvalue weighted by Crippen LogP contribution is -2.27. The lowest BCUT2D eigenvalue weighted by atomic mass is 9.85. The second-order valence-electron chi connectivity index (χ2n) is 10.3. The van der Waals surface area contributed by atoms with E-state index in [9.17, 15) is 4.79 Å². The highest BCUT2D eigenvalue weighted by atomic mass is 35.5. The van der Waals surface area contributed by atoms with Crippen molar-refractivity contribution in [3.05, 3.63) is 99.3 Å². The quantitative estimate of drug-likeness (QED) is 0.287. The number of rotatable bonds is 7. The summed E-state index contributed by atoms with van der Waals surface area (Å²) in [6.45, 7) is 8.97. The average molecular weight is 528 g/mol. The van der Waals surface area contributed by atoms with E-state index in [2.05, 4.69) is 53.3 Å². The Hall–Kier alpha value is -4.04. The first kappa shape index (κ1) is 25.6. The maximum Gasteiger partial charge on any atom is 0.333 e. The van der Waals surface area contributed by atoms with Crippen molar-refractivity contribution in [3.8, 4) is 28.3 Å². The lowest BCUT2D eigenvalue weighted by Gasteiger charge is -2.23. The van der Waals surface area contributed by atoms with Crippen LogP contribution in [-0.4, -0.2) is 34.7 Å². The molecule has 0 fully saturated rings. The van der Waals surface area contributed by atoms with Crippen LogP contribution in [0.4, 0.5) is 0 Å². The number of benzene rings is 2. The Balaban J connectivity index is 1.52. The van der Waals surface area contributed by atoms with Crippen LogP contribution in [0.25, 0.3) is 28.3 Å². The van der Waals surface area contributed by atoms with Gasteiger partial charge < -0.3 is 0 Å². The molecule has 0 spiro atoms. The van der Waals surface area contributed by atoms with Gasteiger partial charge in [-0.25, -0.2) is 9.89 Å². The number of halogens is 1. The summed E-state index contributed by atoms with van der Waals surface area (Å²) in [4.78, 5) is 18.3. The number of imidazole rings is 1. The summed E-state index contributed by atoms with van der Waals surface area (Å²) in [6, 6.07) is 17.9. The van der Waals surface area contributed by atoms with Crippen LogP contribution in [-0.2, 0) is 18.4 Å². The van der Waals surface area contributed by atoms with Crippen molar-refractivity contribution in [2.24, 2.45) is 0 Å². The Morgan fingerprint density at radius 1 is 1.03 bits per heavy atom. The van der Waals surface area contributed by atoms with E-state index in [4.69, 9.17) is 11.6 Å². The maximum absolute atomic E-state index is 13.8. The van der Waals surface area contributed by atoms with Crippen molar-refractivity contribution >= 4 is 11.6 Å². The Morgan fingerprint density at radius 3 is 2.50 bits per heavy atom. The van der Waals surface area contributed by atoms with Gasteiger partial charge in [-0.2, -0.15) is 0 Å². The summed E-state index contributed by atoms with van der Waals surface area (Å²) >= 11 is 6.68. The number of hydrogen-bond acceptors (Lipinski definition) is 5. The minimum atomic E-state index is -0.171. The Bertz CT molecular complexity index is 1610. The van der Waals surface area contributed by atoms with E-state index in [1.54, 1.807) is 10.8 Å². The molecule has 0 aliphatic rings. The zero-order valence-electron chi connectivity index (χ0n) is 21.9. The van der Waals surface area contributed by atoms with Gasteiger partial charge in [0, 0.05) is 23.7 Å². The molecule has 3 heterocycles. The smallest absolute Gasteiger partial charge is 0.292 e. The highest BCUT2D eigenvalue weighted by Crippen LogP contribution is 2.33. The summed E-state index contributed by atoms with van der Waals surface area (Å²) in [6.07, 6.45) is 5.38. The molecule has 0 bridgehead atoms. The van der Waals surface area contributed by atoms with Crippen LogP contribution in [0.1, 0.15) is 50.9 Å². The van der Waals surface area contributed by atoms with Crippen molar-refractivity contribution in [2.75, 3.05) is 0 Å². The molecule has 9 heteroatoms. The molecule has 0 saturated heterocycles. The van der Waals surface area contributed by atoms with Crippen LogP contribution in [0.15, 0.2) is 71.8 Å². The molecule has 0 atom stereocenters.